The fourth-order valence-electron chi connectivity index (χ4n) is 1.75. The predicted molar refractivity (Wildman–Crippen MR) is 65.7 cm³/mol. The number of nitrogens with zero attached hydrogens (tertiary/aromatic N) is 2. The van der Waals surface area contributed by atoms with Crippen molar-refractivity contribution in [3.63, 3.8) is 0 Å². The first-order valence-corrected chi connectivity index (χ1v) is 6.24. The van der Waals surface area contributed by atoms with Crippen LogP contribution in [0.15, 0.2) is 18.2 Å². The number of imide groups is 1. The van der Waals surface area contributed by atoms with Gasteiger partial charge >= 0.3 is 0 Å². The van der Waals surface area contributed by atoms with Crippen LogP contribution < -0.4 is 4.90 Å². The summed E-state index contributed by atoms with van der Waals surface area (Å²) < 4.78 is 0. The van der Waals surface area contributed by atoms with Crippen molar-refractivity contribution < 1.29 is 9.59 Å². The molecule has 1 fully saturated rings. The Morgan fingerprint density at radius 2 is 1.94 bits per heavy atom. The molecule has 2 amide bonds. The van der Waals surface area contributed by atoms with E-state index < -0.39 is 0 Å². The lowest BCUT2D eigenvalue weighted by Gasteiger charge is -2.25. The summed E-state index contributed by atoms with van der Waals surface area (Å²) >= 11 is 1.30. The molecule has 0 aliphatic carbocycles. The van der Waals surface area contributed by atoms with Gasteiger partial charge in [0.05, 0.1) is 22.8 Å². The molecule has 0 N–H and O–H groups in total. The maximum Gasteiger partial charge on any atom is 0.243 e. The van der Waals surface area contributed by atoms with Crippen LogP contribution in [-0.2, 0) is 9.59 Å². The SMILES string of the molecule is Cc1cccc(N2C(=O)CSCC2=O)c1C#N. The highest BCUT2D eigenvalue weighted by Crippen LogP contribution is 2.26. The Kier molecular flexibility index (Phi) is 3.16. The third kappa shape index (κ3) is 2.04. The van der Waals surface area contributed by atoms with Crippen molar-refractivity contribution >= 4 is 29.3 Å². The normalized spacial score (nSPS) is 15.9. The molecule has 1 heterocycles. The first kappa shape index (κ1) is 11.7. The summed E-state index contributed by atoms with van der Waals surface area (Å²) in [6.45, 7) is 1.79. The number of nitriles is 1. The van der Waals surface area contributed by atoms with E-state index in [0.29, 0.717) is 11.3 Å². The number of rotatable bonds is 1. The van der Waals surface area contributed by atoms with E-state index in [1.54, 1.807) is 25.1 Å². The summed E-state index contributed by atoms with van der Waals surface area (Å²) in [5, 5.41) is 9.10. The molecular formula is C12H10N2O2S. The first-order valence-electron chi connectivity index (χ1n) is 5.08. The second-order valence-corrected chi connectivity index (χ2v) is 4.68. The van der Waals surface area contributed by atoms with Crippen LogP contribution in [0, 0.1) is 18.3 Å². The average Bonchev–Trinajstić information content (AvgIpc) is 2.29. The third-order valence-corrected chi connectivity index (χ3v) is 3.46. The van der Waals surface area contributed by atoms with Gasteiger partial charge in [0.25, 0.3) is 0 Å². The molecule has 0 spiro atoms. The Hall–Kier alpha value is -1.80. The molecule has 5 heteroatoms. The largest absolute Gasteiger partial charge is 0.273 e. The topological polar surface area (TPSA) is 61.2 Å². The van der Waals surface area contributed by atoms with Crippen LogP contribution >= 0.6 is 11.8 Å². The van der Waals surface area contributed by atoms with Crippen LogP contribution in [0.4, 0.5) is 5.69 Å². The number of aryl methyl sites for hydroxylation is 1. The van der Waals surface area contributed by atoms with E-state index in [2.05, 4.69) is 0 Å². The molecule has 1 aliphatic rings. The number of hydrogen-bond acceptors (Lipinski definition) is 4. The van der Waals surface area contributed by atoms with Gasteiger partial charge in [-0.15, -0.1) is 11.8 Å². The lowest BCUT2D eigenvalue weighted by Crippen LogP contribution is -2.43. The highest BCUT2D eigenvalue weighted by Gasteiger charge is 2.29. The molecule has 1 saturated heterocycles. The maximum absolute atomic E-state index is 11.8. The van der Waals surface area contributed by atoms with E-state index in [4.69, 9.17) is 5.26 Å². The van der Waals surface area contributed by atoms with E-state index in [-0.39, 0.29) is 23.3 Å². The number of benzene rings is 1. The van der Waals surface area contributed by atoms with Gasteiger partial charge in [-0.05, 0) is 18.6 Å². The monoisotopic (exact) mass is 246 g/mol. The van der Waals surface area contributed by atoms with E-state index in [9.17, 15) is 9.59 Å². The van der Waals surface area contributed by atoms with Crippen molar-refractivity contribution in [2.45, 2.75) is 6.92 Å². The molecule has 1 aliphatic heterocycles. The summed E-state index contributed by atoms with van der Waals surface area (Å²) in [7, 11) is 0. The summed E-state index contributed by atoms with van der Waals surface area (Å²) in [5.41, 5.74) is 1.56. The molecule has 0 unspecified atom stereocenters. The Morgan fingerprint density at radius 3 is 2.53 bits per heavy atom. The van der Waals surface area contributed by atoms with Crippen molar-refractivity contribution in [1.29, 1.82) is 5.26 Å². The highest BCUT2D eigenvalue weighted by molar-refractivity contribution is 8.00. The molecule has 86 valence electrons. The van der Waals surface area contributed by atoms with E-state index in [1.165, 1.54) is 11.8 Å². The van der Waals surface area contributed by atoms with Crippen LogP contribution in [0.3, 0.4) is 0 Å². The zero-order valence-electron chi connectivity index (χ0n) is 9.27. The zero-order chi connectivity index (χ0) is 12.4. The van der Waals surface area contributed by atoms with Crippen LogP contribution in [0.5, 0.6) is 0 Å². The molecule has 2 rings (SSSR count). The lowest BCUT2D eigenvalue weighted by molar-refractivity contribution is -0.124. The van der Waals surface area contributed by atoms with Crippen molar-refractivity contribution in [3.8, 4) is 6.07 Å². The number of anilines is 1. The van der Waals surface area contributed by atoms with Gasteiger partial charge < -0.3 is 0 Å². The number of amides is 2. The van der Waals surface area contributed by atoms with Crippen molar-refractivity contribution in [2.24, 2.45) is 0 Å². The fourth-order valence-corrected chi connectivity index (χ4v) is 2.46. The second-order valence-electron chi connectivity index (χ2n) is 3.70. The van der Waals surface area contributed by atoms with Crippen molar-refractivity contribution in [1.82, 2.24) is 0 Å². The molecular weight excluding hydrogens is 236 g/mol. The highest BCUT2D eigenvalue weighted by atomic mass is 32.2. The summed E-state index contributed by atoms with van der Waals surface area (Å²) in [4.78, 5) is 24.6. The molecule has 1 aromatic rings. The van der Waals surface area contributed by atoms with Gasteiger partial charge in [-0.1, -0.05) is 12.1 Å². The summed E-state index contributed by atoms with van der Waals surface area (Å²) in [6, 6.07) is 7.22. The third-order valence-electron chi connectivity index (χ3n) is 2.55. The molecule has 4 nitrogen and oxygen atoms in total. The molecule has 0 bridgehead atoms. The quantitative estimate of drug-likeness (QED) is 0.704. The maximum atomic E-state index is 11.8. The standard InChI is InChI=1S/C12H10N2O2S/c1-8-3-2-4-10(9(8)5-13)14-11(15)6-17-7-12(14)16/h2-4H,6-7H2,1H3. The van der Waals surface area contributed by atoms with Gasteiger partial charge in [0.15, 0.2) is 0 Å². The van der Waals surface area contributed by atoms with Crippen LogP contribution in [0.1, 0.15) is 11.1 Å². The first-order chi connectivity index (χ1) is 8.15. The number of carbonyl (C=O) groups excluding carboxylic acids is 2. The predicted octanol–water partition coefficient (Wildman–Crippen LogP) is 1.47. The average molecular weight is 246 g/mol. The van der Waals surface area contributed by atoms with Gasteiger partial charge in [0.2, 0.25) is 11.8 Å². The second kappa shape index (κ2) is 4.60. The van der Waals surface area contributed by atoms with Crippen LogP contribution in [-0.4, -0.2) is 23.3 Å². The van der Waals surface area contributed by atoms with Crippen LogP contribution in [0.25, 0.3) is 0 Å². The Balaban J connectivity index is 2.53. The summed E-state index contributed by atoms with van der Waals surface area (Å²) in [5.74, 6) is 0.0523. The van der Waals surface area contributed by atoms with E-state index in [1.807, 2.05) is 6.07 Å². The molecule has 1 aromatic carbocycles. The minimum Gasteiger partial charge on any atom is -0.273 e. The van der Waals surface area contributed by atoms with E-state index >= 15 is 0 Å². The Morgan fingerprint density at radius 1 is 1.29 bits per heavy atom. The van der Waals surface area contributed by atoms with Gasteiger partial charge in [0, 0.05) is 0 Å². The molecule has 0 atom stereocenters. The Bertz CT molecular complexity index is 518. The minimum atomic E-state index is -0.256. The number of carbonyl (C=O) groups is 2. The van der Waals surface area contributed by atoms with Gasteiger partial charge in [-0.2, -0.15) is 5.26 Å². The minimum absolute atomic E-state index is 0.256. The number of thioether (sulfide) groups is 1. The Labute approximate surface area is 103 Å². The zero-order valence-corrected chi connectivity index (χ0v) is 10.1. The van der Waals surface area contributed by atoms with Crippen molar-refractivity contribution in [3.05, 3.63) is 29.3 Å². The van der Waals surface area contributed by atoms with Crippen LogP contribution in [0.2, 0.25) is 0 Å². The molecule has 0 aromatic heterocycles. The molecule has 0 radical (unpaired) electrons. The lowest BCUT2D eigenvalue weighted by atomic mass is 10.1. The van der Waals surface area contributed by atoms with Crippen molar-refractivity contribution in [2.75, 3.05) is 16.4 Å². The number of hydrogen-bond donors (Lipinski definition) is 0. The van der Waals surface area contributed by atoms with E-state index in [0.717, 1.165) is 10.5 Å². The fraction of sp³-hybridized carbons (Fsp3) is 0.250. The van der Waals surface area contributed by atoms with Gasteiger partial charge in [-0.25, -0.2) is 4.90 Å². The van der Waals surface area contributed by atoms with Gasteiger partial charge in [-0.3, -0.25) is 9.59 Å². The summed E-state index contributed by atoms with van der Waals surface area (Å²) in [6.07, 6.45) is 0. The van der Waals surface area contributed by atoms with Gasteiger partial charge in [0.1, 0.15) is 6.07 Å². The molecule has 17 heavy (non-hydrogen) atoms. The smallest absolute Gasteiger partial charge is 0.243 e. The molecule has 0 saturated carbocycles.